The van der Waals surface area contributed by atoms with Gasteiger partial charge in [0.2, 0.25) is 5.91 Å². The maximum absolute atomic E-state index is 13.2. The van der Waals surface area contributed by atoms with E-state index in [9.17, 15) is 9.59 Å². The van der Waals surface area contributed by atoms with Crippen molar-refractivity contribution in [2.75, 3.05) is 32.8 Å². The predicted molar refractivity (Wildman–Crippen MR) is 101 cm³/mol. The molecule has 4 rings (SSSR count). The van der Waals surface area contributed by atoms with Crippen molar-refractivity contribution in [1.82, 2.24) is 19.6 Å². The molecule has 2 aliphatic heterocycles. The van der Waals surface area contributed by atoms with Gasteiger partial charge in [-0.3, -0.25) is 14.3 Å². The van der Waals surface area contributed by atoms with E-state index in [-0.39, 0.29) is 17.7 Å². The van der Waals surface area contributed by atoms with Crippen molar-refractivity contribution in [1.29, 1.82) is 0 Å². The minimum absolute atomic E-state index is 0.0323. The average molecular weight is 386 g/mol. The SMILES string of the molecule is Cc1cc2n(n1)CCN(C(=O)C1COCCN(C(=O)c3cc(C)oc3C)C1)C2. The fourth-order valence-electron chi connectivity index (χ4n) is 4.01. The standard InChI is InChI=1S/C20H26N4O4/c1-13-8-17-11-22(4-5-24(17)21-13)19(25)16-10-23(6-7-27-12-16)20(26)18-9-14(2)28-15(18)3/h8-9,16H,4-7,10-12H2,1-3H3. The van der Waals surface area contributed by atoms with Crippen LogP contribution >= 0.6 is 0 Å². The second kappa shape index (κ2) is 7.43. The number of carbonyl (C=O) groups is 2. The molecule has 1 saturated heterocycles. The van der Waals surface area contributed by atoms with Crippen molar-refractivity contribution in [3.05, 3.63) is 40.6 Å². The highest BCUT2D eigenvalue weighted by molar-refractivity contribution is 5.95. The van der Waals surface area contributed by atoms with E-state index < -0.39 is 0 Å². The molecule has 28 heavy (non-hydrogen) atoms. The van der Waals surface area contributed by atoms with Crippen molar-refractivity contribution in [3.8, 4) is 0 Å². The van der Waals surface area contributed by atoms with Gasteiger partial charge in [0.1, 0.15) is 11.5 Å². The van der Waals surface area contributed by atoms with Crippen LogP contribution in [0.25, 0.3) is 0 Å². The van der Waals surface area contributed by atoms with Gasteiger partial charge in [0.25, 0.3) is 5.91 Å². The summed E-state index contributed by atoms with van der Waals surface area (Å²) in [5, 5.41) is 4.44. The number of fused-ring (bicyclic) bond motifs is 1. The van der Waals surface area contributed by atoms with Gasteiger partial charge >= 0.3 is 0 Å². The lowest BCUT2D eigenvalue weighted by Crippen LogP contribution is -2.46. The molecule has 1 fully saturated rings. The largest absolute Gasteiger partial charge is 0.466 e. The number of carbonyl (C=O) groups excluding carboxylic acids is 2. The van der Waals surface area contributed by atoms with Gasteiger partial charge in [-0.05, 0) is 32.9 Å². The fraction of sp³-hybridized carbons (Fsp3) is 0.550. The molecule has 2 aromatic rings. The third kappa shape index (κ3) is 3.56. The van der Waals surface area contributed by atoms with E-state index >= 15 is 0 Å². The van der Waals surface area contributed by atoms with Crippen LogP contribution < -0.4 is 0 Å². The number of ether oxygens (including phenoxy) is 1. The Labute approximate surface area is 164 Å². The Balaban J connectivity index is 1.47. The summed E-state index contributed by atoms with van der Waals surface area (Å²) in [4.78, 5) is 29.7. The molecular weight excluding hydrogens is 360 g/mol. The van der Waals surface area contributed by atoms with Crippen molar-refractivity contribution < 1.29 is 18.7 Å². The van der Waals surface area contributed by atoms with Gasteiger partial charge in [-0.2, -0.15) is 5.10 Å². The number of aromatic nitrogens is 2. The highest BCUT2D eigenvalue weighted by atomic mass is 16.5. The normalized spacial score (nSPS) is 20.0. The summed E-state index contributed by atoms with van der Waals surface area (Å²) in [6, 6.07) is 3.78. The molecule has 0 aliphatic carbocycles. The summed E-state index contributed by atoms with van der Waals surface area (Å²) in [7, 11) is 0. The molecule has 1 unspecified atom stereocenters. The Hall–Kier alpha value is -2.61. The van der Waals surface area contributed by atoms with Gasteiger partial charge < -0.3 is 19.0 Å². The molecular formula is C20H26N4O4. The summed E-state index contributed by atoms with van der Waals surface area (Å²) in [6.07, 6.45) is 0. The van der Waals surface area contributed by atoms with Crippen LogP contribution in [0.4, 0.5) is 0 Å². The van der Waals surface area contributed by atoms with Crippen LogP contribution in [0, 0.1) is 26.7 Å². The predicted octanol–water partition coefficient (Wildman–Crippen LogP) is 1.53. The summed E-state index contributed by atoms with van der Waals surface area (Å²) in [5.41, 5.74) is 2.57. The van der Waals surface area contributed by atoms with Crippen LogP contribution in [0.15, 0.2) is 16.5 Å². The second-order valence-electron chi connectivity index (χ2n) is 7.61. The lowest BCUT2D eigenvalue weighted by atomic mass is 10.1. The highest BCUT2D eigenvalue weighted by Gasteiger charge is 2.33. The van der Waals surface area contributed by atoms with Gasteiger partial charge in [-0.1, -0.05) is 0 Å². The smallest absolute Gasteiger partial charge is 0.257 e. The molecule has 150 valence electrons. The van der Waals surface area contributed by atoms with E-state index in [1.54, 1.807) is 17.9 Å². The van der Waals surface area contributed by atoms with Crippen LogP contribution in [-0.2, 0) is 22.6 Å². The maximum Gasteiger partial charge on any atom is 0.257 e. The second-order valence-corrected chi connectivity index (χ2v) is 7.61. The van der Waals surface area contributed by atoms with Crippen LogP contribution in [0.2, 0.25) is 0 Å². The van der Waals surface area contributed by atoms with E-state index in [0.29, 0.717) is 63.0 Å². The van der Waals surface area contributed by atoms with Crippen LogP contribution in [-0.4, -0.2) is 64.2 Å². The minimum atomic E-state index is -0.365. The Morgan fingerprint density at radius 1 is 1.11 bits per heavy atom. The Kier molecular flexibility index (Phi) is 4.97. The molecule has 8 heteroatoms. The van der Waals surface area contributed by atoms with Gasteiger partial charge in [-0.15, -0.1) is 0 Å². The van der Waals surface area contributed by atoms with Gasteiger partial charge in [0, 0.05) is 19.6 Å². The Morgan fingerprint density at radius 2 is 1.93 bits per heavy atom. The van der Waals surface area contributed by atoms with Gasteiger partial charge in [-0.25, -0.2) is 0 Å². The molecule has 0 aromatic carbocycles. The first-order valence-electron chi connectivity index (χ1n) is 9.68. The number of hydrogen-bond acceptors (Lipinski definition) is 5. The monoisotopic (exact) mass is 386 g/mol. The third-order valence-corrected chi connectivity index (χ3v) is 5.40. The summed E-state index contributed by atoms with van der Waals surface area (Å²) >= 11 is 0. The molecule has 4 heterocycles. The minimum Gasteiger partial charge on any atom is -0.466 e. The molecule has 1 atom stereocenters. The number of nitrogens with zero attached hydrogens (tertiary/aromatic N) is 4. The quantitative estimate of drug-likeness (QED) is 0.782. The average Bonchev–Trinajstić information content (AvgIpc) is 3.09. The van der Waals surface area contributed by atoms with Crippen molar-refractivity contribution in [2.24, 2.45) is 5.92 Å². The summed E-state index contributed by atoms with van der Waals surface area (Å²) in [5.74, 6) is 0.875. The number of aryl methyl sites for hydroxylation is 3. The maximum atomic E-state index is 13.2. The first-order chi connectivity index (χ1) is 13.4. The van der Waals surface area contributed by atoms with E-state index in [4.69, 9.17) is 9.15 Å². The van der Waals surface area contributed by atoms with Crippen molar-refractivity contribution in [2.45, 2.75) is 33.9 Å². The highest BCUT2D eigenvalue weighted by Crippen LogP contribution is 2.21. The summed E-state index contributed by atoms with van der Waals surface area (Å²) in [6.45, 7) is 9.02. The zero-order valence-corrected chi connectivity index (χ0v) is 16.6. The lowest BCUT2D eigenvalue weighted by molar-refractivity contribution is -0.138. The topological polar surface area (TPSA) is 80.8 Å². The summed E-state index contributed by atoms with van der Waals surface area (Å²) < 4.78 is 13.1. The molecule has 0 spiro atoms. The van der Waals surface area contributed by atoms with Gasteiger partial charge in [0.05, 0.1) is 49.2 Å². The third-order valence-electron chi connectivity index (χ3n) is 5.40. The van der Waals surface area contributed by atoms with Gasteiger partial charge in [0.15, 0.2) is 0 Å². The molecule has 0 radical (unpaired) electrons. The fourth-order valence-corrected chi connectivity index (χ4v) is 4.01. The Bertz CT molecular complexity index is 900. The molecule has 0 saturated carbocycles. The molecule has 2 aliphatic rings. The molecule has 2 amide bonds. The zero-order valence-electron chi connectivity index (χ0n) is 16.6. The number of furan rings is 1. The molecule has 8 nitrogen and oxygen atoms in total. The zero-order chi connectivity index (χ0) is 19.8. The van der Waals surface area contributed by atoms with E-state index in [2.05, 4.69) is 5.10 Å². The first kappa shape index (κ1) is 18.7. The number of amides is 2. The molecule has 0 bridgehead atoms. The van der Waals surface area contributed by atoms with Crippen molar-refractivity contribution >= 4 is 11.8 Å². The van der Waals surface area contributed by atoms with Crippen LogP contribution in [0.3, 0.4) is 0 Å². The van der Waals surface area contributed by atoms with E-state index in [1.807, 2.05) is 29.5 Å². The molecule has 2 aromatic heterocycles. The van der Waals surface area contributed by atoms with Crippen molar-refractivity contribution in [3.63, 3.8) is 0 Å². The Morgan fingerprint density at radius 3 is 2.68 bits per heavy atom. The van der Waals surface area contributed by atoms with Crippen LogP contribution in [0.5, 0.6) is 0 Å². The first-order valence-corrected chi connectivity index (χ1v) is 9.68. The van der Waals surface area contributed by atoms with E-state index in [0.717, 1.165) is 11.4 Å². The molecule has 0 N–H and O–H groups in total. The van der Waals surface area contributed by atoms with Crippen LogP contribution in [0.1, 0.15) is 33.3 Å². The number of hydrogen-bond donors (Lipinski definition) is 0. The lowest BCUT2D eigenvalue weighted by Gasteiger charge is -2.31. The van der Waals surface area contributed by atoms with E-state index in [1.165, 1.54) is 0 Å². The number of rotatable bonds is 2.